The van der Waals surface area contributed by atoms with Crippen LogP contribution in [0.15, 0.2) is 54.6 Å². The second kappa shape index (κ2) is 8.67. The number of hydrogen-bond donors (Lipinski definition) is 1. The summed E-state index contributed by atoms with van der Waals surface area (Å²) < 4.78 is 5.41. The van der Waals surface area contributed by atoms with E-state index in [0.717, 1.165) is 37.1 Å². The number of benzene rings is 2. The minimum atomic E-state index is -0.222. The van der Waals surface area contributed by atoms with Crippen molar-refractivity contribution < 1.29 is 14.6 Å². The van der Waals surface area contributed by atoms with Gasteiger partial charge in [0.05, 0.1) is 0 Å². The molecule has 0 aliphatic carbocycles. The monoisotopic (exact) mass is 339 g/mol. The number of ether oxygens (including phenoxy) is 1. The van der Waals surface area contributed by atoms with Crippen LogP contribution < -0.4 is 0 Å². The zero-order chi connectivity index (χ0) is 17.5. The number of likely N-dealkylation sites (tertiary alicyclic amines) is 1. The van der Waals surface area contributed by atoms with Crippen molar-refractivity contribution in [1.82, 2.24) is 4.90 Å². The molecule has 0 saturated carbocycles. The summed E-state index contributed by atoms with van der Waals surface area (Å²) in [7, 11) is 0. The van der Waals surface area contributed by atoms with Crippen molar-refractivity contribution in [1.29, 1.82) is 0 Å². The first-order valence-electron chi connectivity index (χ1n) is 8.91. The molecule has 1 aliphatic rings. The molecule has 1 amide bonds. The van der Waals surface area contributed by atoms with Gasteiger partial charge in [-0.05, 0) is 41.9 Å². The van der Waals surface area contributed by atoms with E-state index in [-0.39, 0.29) is 12.7 Å². The Bertz CT molecular complexity index is 661. The first-order valence-corrected chi connectivity index (χ1v) is 8.91. The number of hydrogen-bond acceptors (Lipinski definition) is 3. The van der Waals surface area contributed by atoms with Crippen molar-refractivity contribution in [3.05, 3.63) is 71.3 Å². The Hall–Kier alpha value is -2.33. The predicted molar refractivity (Wildman–Crippen MR) is 97.4 cm³/mol. The largest absolute Gasteiger partial charge is 0.445 e. The Balaban J connectivity index is 1.47. The first-order chi connectivity index (χ1) is 12.3. The van der Waals surface area contributed by atoms with Crippen molar-refractivity contribution in [2.45, 2.75) is 31.8 Å². The van der Waals surface area contributed by atoms with E-state index in [1.807, 2.05) is 30.3 Å². The number of aliphatic hydroxyl groups is 1. The molecule has 2 aromatic rings. The van der Waals surface area contributed by atoms with E-state index in [4.69, 9.17) is 9.84 Å². The second-order valence-corrected chi connectivity index (χ2v) is 6.52. The van der Waals surface area contributed by atoms with Crippen LogP contribution in [0.4, 0.5) is 4.79 Å². The molecule has 4 heteroatoms. The molecular weight excluding hydrogens is 314 g/mol. The SMILES string of the molecule is O=C(OCc1ccccc1)N1CCC(c2ccc(CCO)cc2)CC1. The van der Waals surface area contributed by atoms with E-state index in [9.17, 15) is 4.79 Å². The molecule has 25 heavy (non-hydrogen) atoms. The van der Waals surface area contributed by atoms with Crippen molar-refractivity contribution in [3.63, 3.8) is 0 Å². The molecule has 0 bridgehead atoms. The van der Waals surface area contributed by atoms with E-state index in [0.29, 0.717) is 18.9 Å². The normalized spacial score (nSPS) is 15.2. The van der Waals surface area contributed by atoms with Crippen LogP contribution >= 0.6 is 0 Å². The Morgan fingerprint density at radius 3 is 2.32 bits per heavy atom. The van der Waals surface area contributed by atoms with Crippen molar-refractivity contribution in [2.75, 3.05) is 19.7 Å². The average molecular weight is 339 g/mol. The summed E-state index contributed by atoms with van der Waals surface area (Å²) in [6.45, 7) is 1.97. The number of aliphatic hydroxyl groups excluding tert-OH is 1. The molecule has 1 saturated heterocycles. The van der Waals surface area contributed by atoms with Crippen LogP contribution in [0.1, 0.15) is 35.4 Å². The van der Waals surface area contributed by atoms with Gasteiger partial charge >= 0.3 is 6.09 Å². The highest BCUT2D eigenvalue weighted by molar-refractivity contribution is 5.67. The van der Waals surface area contributed by atoms with Gasteiger partial charge in [0, 0.05) is 19.7 Å². The van der Waals surface area contributed by atoms with Gasteiger partial charge in [0.25, 0.3) is 0 Å². The van der Waals surface area contributed by atoms with E-state index < -0.39 is 0 Å². The molecule has 1 aliphatic heterocycles. The van der Waals surface area contributed by atoms with E-state index in [1.54, 1.807) is 4.90 Å². The van der Waals surface area contributed by atoms with Gasteiger partial charge in [-0.1, -0.05) is 54.6 Å². The lowest BCUT2D eigenvalue weighted by molar-refractivity contribution is 0.0870. The topological polar surface area (TPSA) is 49.8 Å². The van der Waals surface area contributed by atoms with E-state index >= 15 is 0 Å². The molecule has 0 radical (unpaired) electrons. The predicted octanol–water partition coefficient (Wildman–Crippen LogP) is 3.74. The fourth-order valence-corrected chi connectivity index (χ4v) is 3.29. The number of carbonyl (C=O) groups is 1. The second-order valence-electron chi connectivity index (χ2n) is 6.52. The molecule has 0 unspecified atom stereocenters. The van der Waals surface area contributed by atoms with Crippen LogP contribution in [0.3, 0.4) is 0 Å². The standard InChI is InChI=1S/C21H25NO3/c23-15-12-17-6-8-19(9-7-17)20-10-13-22(14-11-20)21(24)25-16-18-4-2-1-3-5-18/h1-9,20,23H,10-16H2. The summed E-state index contributed by atoms with van der Waals surface area (Å²) in [5, 5.41) is 8.99. The lowest BCUT2D eigenvalue weighted by Crippen LogP contribution is -2.38. The number of amides is 1. The lowest BCUT2D eigenvalue weighted by atomic mass is 9.89. The molecule has 1 N–H and O–H groups in total. The summed E-state index contributed by atoms with van der Waals surface area (Å²) in [6, 6.07) is 18.2. The highest BCUT2D eigenvalue weighted by atomic mass is 16.6. The fourth-order valence-electron chi connectivity index (χ4n) is 3.29. The van der Waals surface area contributed by atoms with Crippen LogP contribution in [0.5, 0.6) is 0 Å². The molecule has 132 valence electrons. The maximum absolute atomic E-state index is 12.2. The molecule has 3 rings (SSSR count). The van der Waals surface area contributed by atoms with Gasteiger partial charge in [0.15, 0.2) is 0 Å². The Morgan fingerprint density at radius 2 is 1.68 bits per heavy atom. The van der Waals surface area contributed by atoms with Gasteiger partial charge in [-0.15, -0.1) is 0 Å². The molecule has 4 nitrogen and oxygen atoms in total. The average Bonchev–Trinajstić information content (AvgIpc) is 2.68. The lowest BCUT2D eigenvalue weighted by Gasteiger charge is -2.31. The minimum Gasteiger partial charge on any atom is -0.445 e. The van der Waals surface area contributed by atoms with Crippen LogP contribution in [0, 0.1) is 0 Å². The molecule has 0 atom stereocenters. The van der Waals surface area contributed by atoms with Gasteiger partial charge in [-0.3, -0.25) is 0 Å². The van der Waals surface area contributed by atoms with Crippen LogP contribution in [0.2, 0.25) is 0 Å². The summed E-state index contributed by atoms with van der Waals surface area (Å²) >= 11 is 0. The number of piperidine rings is 1. The van der Waals surface area contributed by atoms with Crippen molar-refractivity contribution in [3.8, 4) is 0 Å². The highest BCUT2D eigenvalue weighted by Gasteiger charge is 2.24. The fraction of sp³-hybridized carbons (Fsp3) is 0.381. The minimum absolute atomic E-state index is 0.183. The molecule has 2 aromatic carbocycles. The van der Waals surface area contributed by atoms with Crippen molar-refractivity contribution >= 4 is 6.09 Å². The Labute approximate surface area is 149 Å². The van der Waals surface area contributed by atoms with Gasteiger partial charge in [-0.2, -0.15) is 0 Å². The Morgan fingerprint density at radius 1 is 1.00 bits per heavy atom. The summed E-state index contributed by atoms with van der Waals surface area (Å²) in [5.74, 6) is 0.487. The van der Waals surface area contributed by atoms with Crippen LogP contribution in [0.25, 0.3) is 0 Å². The zero-order valence-corrected chi connectivity index (χ0v) is 14.4. The quantitative estimate of drug-likeness (QED) is 0.903. The summed E-state index contributed by atoms with van der Waals surface area (Å²) in [5.41, 5.74) is 3.49. The van der Waals surface area contributed by atoms with E-state index in [2.05, 4.69) is 24.3 Å². The van der Waals surface area contributed by atoms with Crippen molar-refractivity contribution in [2.24, 2.45) is 0 Å². The zero-order valence-electron chi connectivity index (χ0n) is 14.4. The van der Waals surface area contributed by atoms with Crippen LogP contribution in [-0.4, -0.2) is 35.8 Å². The smallest absolute Gasteiger partial charge is 0.410 e. The summed E-state index contributed by atoms with van der Waals surface area (Å²) in [4.78, 5) is 14.0. The summed E-state index contributed by atoms with van der Waals surface area (Å²) in [6.07, 6.45) is 2.39. The van der Waals surface area contributed by atoms with Crippen LogP contribution in [-0.2, 0) is 17.8 Å². The maximum Gasteiger partial charge on any atom is 0.410 e. The third-order valence-electron chi connectivity index (χ3n) is 4.81. The molecule has 1 fully saturated rings. The molecule has 1 heterocycles. The first kappa shape index (κ1) is 17.5. The third kappa shape index (κ3) is 4.83. The van der Waals surface area contributed by atoms with Gasteiger partial charge in [-0.25, -0.2) is 4.79 Å². The Kier molecular flexibility index (Phi) is 6.07. The van der Waals surface area contributed by atoms with E-state index in [1.165, 1.54) is 5.56 Å². The molecular formula is C21H25NO3. The number of carbonyl (C=O) groups excluding carboxylic acids is 1. The van der Waals surface area contributed by atoms with Gasteiger partial charge in [0.1, 0.15) is 6.61 Å². The third-order valence-corrected chi connectivity index (χ3v) is 4.81. The van der Waals surface area contributed by atoms with Gasteiger partial charge < -0.3 is 14.7 Å². The number of nitrogens with zero attached hydrogens (tertiary/aromatic N) is 1. The maximum atomic E-state index is 12.2. The molecule has 0 spiro atoms. The number of rotatable bonds is 5. The highest BCUT2D eigenvalue weighted by Crippen LogP contribution is 2.28. The van der Waals surface area contributed by atoms with Gasteiger partial charge in [0.2, 0.25) is 0 Å². The molecule has 0 aromatic heterocycles.